The second kappa shape index (κ2) is 7.53. The highest BCUT2D eigenvalue weighted by Crippen LogP contribution is 2.32. The Kier molecular flexibility index (Phi) is 4.91. The third-order valence-electron chi connectivity index (χ3n) is 5.61. The summed E-state index contributed by atoms with van der Waals surface area (Å²) in [6.45, 7) is 0. The van der Waals surface area contributed by atoms with Crippen LogP contribution in [0.15, 0.2) is 39.0 Å². The van der Waals surface area contributed by atoms with E-state index < -0.39 is 16.2 Å². The summed E-state index contributed by atoms with van der Waals surface area (Å²) >= 11 is 0. The van der Waals surface area contributed by atoms with Crippen LogP contribution < -0.4 is 16.7 Å². The number of nitrogens with zero attached hydrogens (tertiary/aromatic N) is 3. The van der Waals surface area contributed by atoms with E-state index in [1.807, 2.05) is 0 Å². The van der Waals surface area contributed by atoms with Crippen molar-refractivity contribution in [3.8, 4) is 5.88 Å². The van der Waals surface area contributed by atoms with Gasteiger partial charge in [0.05, 0.1) is 16.7 Å². The zero-order valence-electron chi connectivity index (χ0n) is 15.6. The van der Waals surface area contributed by atoms with Gasteiger partial charge in [-0.3, -0.25) is 24.5 Å². The van der Waals surface area contributed by atoms with Gasteiger partial charge in [-0.15, -0.1) is 0 Å². The van der Waals surface area contributed by atoms with Gasteiger partial charge in [0.1, 0.15) is 5.56 Å². The number of aromatic amines is 1. The Bertz CT molecular complexity index is 1080. The van der Waals surface area contributed by atoms with Gasteiger partial charge in [-0.1, -0.05) is 31.4 Å². The number of rotatable bonds is 4. The van der Waals surface area contributed by atoms with Crippen LogP contribution in [0.1, 0.15) is 61.7 Å². The summed E-state index contributed by atoms with van der Waals surface area (Å²) in [7, 11) is 0. The Labute approximate surface area is 165 Å². The minimum Gasteiger partial charge on any atom is -0.494 e. The average molecular weight is 399 g/mol. The monoisotopic (exact) mass is 399 g/mol. The smallest absolute Gasteiger partial charge is 0.331 e. The maximum absolute atomic E-state index is 12.4. The average Bonchev–Trinajstić information content (AvgIpc) is 3.18. The largest absolute Gasteiger partial charge is 0.494 e. The molecule has 0 saturated heterocycles. The minimum atomic E-state index is -0.676. The number of nitro groups is 1. The molecule has 152 valence electrons. The molecule has 3 N–H and O–H groups in total. The molecule has 1 aromatic heterocycles. The van der Waals surface area contributed by atoms with Crippen molar-refractivity contribution < 1.29 is 10.0 Å². The Balaban J connectivity index is 1.63. The number of non-ortho nitro benzene ring substituents is 1. The van der Waals surface area contributed by atoms with Crippen molar-refractivity contribution in [3.63, 3.8) is 0 Å². The van der Waals surface area contributed by atoms with E-state index in [9.17, 15) is 24.8 Å². The first-order valence-corrected chi connectivity index (χ1v) is 9.60. The van der Waals surface area contributed by atoms with Crippen molar-refractivity contribution in [2.75, 3.05) is 0 Å². The van der Waals surface area contributed by atoms with Crippen LogP contribution in [-0.4, -0.2) is 25.3 Å². The molecule has 0 amide bonds. The predicted molar refractivity (Wildman–Crippen MR) is 105 cm³/mol. The Morgan fingerprint density at radius 2 is 1.83 bits per heavy atom. The van der Waals surface area contributed by atoms with Crippen LogP contribution in [0, 0.1) is 10.1 Å². The molecule has 0 bridgehead atoms. The maximum atomic E-state index is 12.4. The van der Waals surface area contributed by atoms with Crippen LogP contribution in [0.5, 0.6) is 5.88 Å². The minimum absolute atomic E-state index is 0.00733. The van der Waals surface area contributed by atoms with Gasteiger partial charge in [0.25, 0.3) is 11.2 Å². The lowest BCUT2D eigenvalue weighted by molar-refractivity contribution is -0.384. The fourth-order valence-electron chi connectivity index (χ4n) is 4.10. The molecule has 4 rings (SSSR count). The van der Waals surface area contributed by atoms with Gasteiger partial charge in [0, 0.05) is 24.6 Å². The summed E-state index contributed by atoms with van der Waals surface area (Å²) in [5, 5.41) is 25.8. The maximum Gasteiger partial charge on any atom is 0.331 e. The zero-order valence-corrected chi connectivity index (χ0v) is 15.6. The van der Waals surface area contributed by atoms with E-state index in [-0.39, 0.29) is 29.2 Å². The molecule has 1 aromatic carbocycles. The molecule has 10 heteroatoms. The molecular formula is C19H21N5O5. The second-order valence-electron chi connectivity index (χ2n) is 7.41. The topological polar surface area (TPSA) is 143 Å². The van der Waals surface area contributed by atoms with Crippen molar-refractivity contribution in [2.45, 2.75) is 50.6 Å². The number of nitro benzene ring substituents is 1. The number of hydrogen-bond acceptors (Lipinski definition) is 7. The SMILES string of the molecule is O=c1[nH]c(=O)n(C2CCCCC2)c(O)c1C1=NN[C@@H](c2ccc([N+](=O)[O-])cc2)C1. The van der Waals surface area contributed by atoms with Crippen molar-refractivity contribution in [1.82, 2.24) is 15.0 Å². The number of aromatic hydroxyl groups is 1. The first-order chi connectivity index (χ1) is 14.0. The molecule has 1 aliphatic carbocycles. The molecule has 1 fully saturated rings. The second-order valence-corrected chi connectivity index (χ2v) is 7.41. The lowest BCUT2D eigenvalue weighted by Crippen LogP contribution is -2.36. The first-order valence-electron chi connectivity index (χ1n) is 9.60. The van der Waals surface area contributed by atoms with Crippen molar-refractivity contribution in [3.05, 3.63) is 66.3 Å². The summed E-state index contributed by atoms with van der Waals surface area (Å²) < 4.78 is 1.28. The van der Waals surface area contributed by atoms with Gasteiger partial charge in [-0.05, 0) is 18.4 Å². The van der Waals surface area contributed by atoms with E-state index in [1.165, 1.54) is 16.7 Å². The fourth-order valence-corrected chi connectivity index (χ4v) is 4.10. The summed E-state index contributed by atoms with van der Waals surface area (Å²) in [4.78, 5) is 37.4. The summed E-state index contributed by atoms with van der Waals surface area (Å²) in [5.74, 6) is -0.351. The third-order valence-corrected chi connectivity index (χ3v) is 5.61. The summed E-state index contributed by atoms with van der Waals surface area (Å²) in [6, 6.07) is 5.63. The summed E-state index contributed by atoms with van der Waals surface area (Å²) in [5.41, 5.74) is 2.71. The van der Waals surface area contributed by atoms with Crippen LogP contribution in [0.2, 0.25) is 0 Å². The van der Waals surface area contributed by atoms with Crippen molar-refractivity contribution in [2.24, 2.45) is 5.10 Å². The molecule has 1 saturated carbocycles. The predicted octanol–water partition coefficient (Wildman–Crippen LogP) is 2.09. The Hall–Kier alpha value is -3.43. The van der Waals surface area contributed by atoms with E-state index in [0.29, 0.717) is 12.1 Å². The molecule has 2 heterocycles. The molecule has 0 unspecified atom stereocenters. The van der Waals surface area contributed by atoms with E-state index in [0.717, 1.165) is 37.7 Å². The highest BCUT2D eigenvalue weighted by molar-refractivity contribution is 6.03. The van der Waals surface area contributed by atoms with Gasteiger partial charge in [0.2, 0.25) is 5.88 Å². The van der Waals surface area contributed by atoms with Crippen LogP contribution in [0.4, 0.5) is 5.69 Å². The highest BCUT2D eigenvalue weighted by atomic mass is 16.6. The molecule has 2 aromatic rings. The van der Waals surface area contributed by atoms with E-state index in [1.54, 1.807) is 12.1 Å². The molecule has 1 atom stereocenters. The fraction of sp³-hybridized carbons (Fsp3) is 0.421. The number of hydrogen-bond donors (Lipinski definition) is 3. The van der Waals surface area contributed by atoms with Crippen LogP contribution in [0.3, 0.4) is 0 Å². The molecule has 29 heavy (non-hydrogen) atoms. The number of H-pyrrole nitrogens is 1. The number of aromatic nitrogens is 2. The first kappa shape index (κ1) is 18.9. The summed E-state index contributed by atoms with van der Waals surface area (Å²) in [6.07, 6.45) is 4.88. The number of benzene rings is 1. The van der Waals surface area contributed by atoms with Gasteiger partial charge in [0.15, 0.2) is 0 Å². The Morgan fingerprint density at radius 1 is 1.14 bits per heavy atom. The lowest BCUT2D eigenvalue weighted by atomic mass is 9.95. The third kappa shape index (κ3) is 3.53. The lowest BCUT2D eigenvalue weighted by Gasteiger charge is -2.25. The standard InChI is InChI=1S/C19H21N5O5/c25-17-16(18(26)23(19(27)20-17)12-4-2-1-3-5-12)15-10-14(21-22-15)11-6-8-13(9-7-11)24(28)29/h6-9,12,14,21,26H,1-5,10H2,(H,20,25,27)/t14-/m1/s1. The quantitative estimate of drug-likeness (QED) is 0.531. The van der Waals surface area contributed by atoms with Crippen molar-refractivity contribution in [1.29, 1.82) is 0 Å². The molecule has 0 spiro atoms. The number of hydrazone groups is 1. The zero-order chi connectivity index (χ0) is 20.5. The van der Waals surface area contributed by atoms with Crippen LogP contribution >= 0.6 is 0 Å². The van der Waals surface area contributed by atoms with Crippen LogP contribution in [-0.2, 0) is 0 Å². The normalized spacial score (nSPS) is 19.6. The molecule has 2 aliphatic rings. The van der Waals surface area contributed by atoms with E-state index in [4.69, 9.17) is 0 Å². The molecule has 1 aliphatic heterocycles. The van der Waals surface area contributed by atoms with Gasteiger partial charge in [-0.2, -0.15) is 5.10 Å². The van der Waals surface area contributed by atoms with Crippen molar-refractivity contribution >= 4 is 11.4 Å². The van der Waals surface area contributed by atoms with Gasteiger partial charge >= 0.3 is 5.69 Å². The van der Waals surface area contributed by atoms with E-state index >= 15 is 0 Å². The Morgan fingerprint density at radius 3 is 2.48 bits per heavy atom. The molecule has 10 nitrogen and oxygen atoms in total. The molecule has 0 radical (unpaired) electrons. The van der Waals surface area contributed by atoms with Gasteiger partial charge < -0.3 is 10.5 Å². The van der Waals surface area contributed by atoms with Crippen LogP contribution in [0.25, 0.3) is 0 Å². The molecular weight excluding hydrogens is 378 g/mol. The highest BCUT2D eigenvalue weighted by Gasteiger charge is 2.29. The van der Waals surface area contributed by atoms with E-state index in [2.05, 4.69) is 15.5 Å². The number of nitrogens with one attached hydrogen (secondary N) is 2. The van der Waals surface area contributed by atoms with Gasteiger partial charge in [-0.25, -0.2) is 4.79 Å².